The van der Waals surface area contributed by atoms with Crippen LogP contribution < -0.4 is 5.32 Å². The van der Waals surface area contributed by atoms with Crippen LogP contribution in [-0.4, -0.2) is 18.3 Å². The third-order valence-corrected chi connectivity index (χ3v) is 2.73. The van der Waals surface area contributed by atoms with Gasteiger partial charge in [0.05, 0.1) is 6.61 Å². The molecular weight excluding hydrogens is 210 g/mol. The fourth-order valence-electron chi connectivity index (χ4n) is 1.65. The zero-order valence-corrected chi connectivity index (χ0v) is 9.96. The molecule has 0 amide bonds. The highest BCUT2D eigenvalue weighted by atomic mass is 35.5. The van der Waals surface area contributed by atoms with Crippen LogP contribution in [0.25, 0.3) is 0 Å². The third kappa shape index (κ3) is 3.49. The summed E-state index contributed by atoms with van der Waals surface area (Å²) in [6.45, 7) is 5.01. The standard InChI is InChI=1S/C12H18ClNO/c1-9(2)12(14-7-8-15)10-5-3-4-6-11(10)13/h3-6,9,12,14-15H,7-8H2,1-2H3. The van der Waals surface area contributed by atoms with Gasteiger partial charge in [-0.1, -0.05) is 43.6 Å². The van der Waals surface area contributed by atoms with Crippen LogP contribution in [0.5, 0.6) is 0 Å². The van der Waals surface area contributed by atoms with Gasteiger partial charge < -0.3 is 10.4 Å². The summed E-state index contributed by atoms with van der Waals surface area (Å²) in [4.78, 5) is 0. The summed E-state index contributed by atoms with van der Waals surface area (Å²) in [5.74, 6) is 0.441. The summed E-state index contributed by atoms with van der Waals surface area (Å²) in [5.41, 5.74) is 1.10. The molecule has 0 aliphatic rings. The molecule has 0 radical (unpaired) electrons. The molecule has 15 heavy (non-hydrogen) atoms. The maximum Gasteiger partial charge on any atom is 0.0556 e. The second-order valence-corrected chi connectivity index (χ2v) is 4.33. The van der Waals surface area contributed by atoms with E-state index in [1.54, 1.807) is 0 Å². The van der Waals surface area contributed by atoms with Gasteiger partial charge in [-0.15, -0.1) is 0 Å². The van der Waals surface area contributed by atoms with E-state index >= 15 is 0 Å². The summed E-state index contributed by atoms with van der Waals surface area (Å²) < 4.78 is 0. The molecule has 84 valence electrons. The van der Waals surface area contributed by atoms with E-state index in [4.69, 9.17) is 16.7 Å². The summed E-state index contributed by atoms with van der Waals surface area (Å²) in [6, 6.07) is 8.03. The molecule has 3 heteroatoms. The third-order valence-electron chi connectivity index (χ3n) is 2.38. The van der Waals surface area contributed by atoms with Crippen LogP contribution in [0.4, 0.5) is 0 Å². The molecule has 1 aromatic rings. The number of hydrogen-bond donors (Lipinski definition) is 2. The predicted molar refractivity (Wildman–Crippen MR) is 64.1 cm³/mol. The van der Waals surface area contributed by atoms with E-state index in [-0.39, 0.29) is 12.6 Å². The molecular formula is C12H18ClNO. The van der Waals surface area contributed by atoms with E-state index in [0.29, 0.717) is 12.5 Å². The average Bonchev–Trinajstić information content (AvgIpc) is 2.20. The van der Waals surface area contributed by atoms with Crippen LogP contribution in [0.3, 0.4) is 0 Å². The molecule has 0 aliphatic heterocycles. The highest BCUT2D eigenvalue weighted by molar-refractivity contribution is 6.31. The smallest absolute Gasteiger partial charge is 0.0556 e. The van der Waals surface area contributed by atoms with Gasteiger partial charge in [0.15, 0.2) is 0 Å². The number of nitrogens with one attached hydrogen (secondary N) is 1. The number of benzene rings is 1. The maximum atomic E-state index is 8.82. The van der Waals surface area contributed by atoms with Gasteiger partial charge >= 0.3 is 0 Å². The van der Waals surface area contributed by atoms with Crippen molar-refractivity contribution in [2.45, 2.75) is 19.9 Å². The molecule has 0 saturated carbocycles. The maximum absolute atomic E-state index is 8.82. The van der Waals surface area contributed by atoms with Gasteiger partial charge in [-0.05, 0) is 17.5 Å². The zero-order valence-electron chi connectivity index (χ0n) is 9.20. The minimum absolute atomic E-state index is 0.147. The Hall–Kier alpha value is -0.570. The van der Waals surface area contributed by atoms with Crippen LogP contribution in [0, 0.1) is 5.92 Å². The van der Waals surface area contributed by atoms with Crippen LogP contribution in [0.2, 0.25) is 5.02 Å². The van der Waals surface area contributed by atoms with E-state index < -0.39 is 0 Å². The van der Waals surface area contributed by atoms with E-state index in [9.17, 15) is 0 Å². The SMILES string of the molecule is CC(C)C(NCCO)c1ccccc1Cl. The quantitative estimate of drug-likeness (QED) is 0.811. The number of rotatable bonds is 5. The summed E-state index contributed by atoms with van der Waals surface area (Å²) in [5, 5.41) is 12.9. The number of hydrogen-bond acceptors (Lipinski definition) is 2. The largest absolute Gasteiger partial charge is 0.395 e. The van der Waals surface area contributed by atoms with Gasteiger partial charge in [0, 0.05) is 17.6 Å². The lowest BCUT2D eigenvalue weighted by Crippen LogP contribution is -2.28. The highest BCUT2D eigenvalue weighted by Crippen LogP contribution is 2.27. The van der Waals surface area contributed by atoms with Gasteiger partial charge in [0.2, 0.25) is 0 Å². The van der Waals surface area contributed by atoms with Crippen molar-refractivity contribution >= 4 is 11.6 Å². The van der Waals surface area contributed by atoms with E-state index in [1.165, 1.54) is 0 Å². The molecule has 1 aromatic carbocycles. The van der Waals surface area contributed by atoms with E-state index in [0.717, 1.165) is 10.6 Å². The molecule has 0 saturated heterocycles. The molecule has 0 fully saturated rings. The molecule has 0 aromatic heterocycles. The first-order valence-electron chi connectivity index (χ1n) is 5.25. The van der Waals surface area contributed by atoms with Gasteiger partial charge in [-0.3, -0.25) is 0 Å². The molecule has 1 unspecified atom stereocenters. The Bertz CT molecular complexity index is 301. The monoisotopic (exact) mass is 227 g/mol. The predicted octanol–water partition coefficient (Wildman–Crippen LogP) is 2.62. The lowest BCUT2D eigenvalue weighted by Gasteiger charge is -2.23. The van der Waals surface area contributed by atoms with Crippen LogP contribution in [0.1, 0.15) is 25.5 Å². The van der Waals surface area contributed by atoms with Crippen molar-refractivity contribution in [3.05, 3.63) is 34.9 Å². The summed E-state index contributed by atoms with van der Waals surface area (Å²) in [7, 11) is 0. The first-order chi connectivity index (χ1) is 7.16. The van der Waals surface area contributed by atoms with Gasteiger partial charge in [-0.25, -0.2) is 0 Å². The van der Waals surface area contributed by atoms with Crippen molar-refractivity contribution in [2.75, 3.05) is 13.2 Å². The Kier molecular flexibility index (Phi) is 5.09. The molecule has 2 N–H and O–H groups in total. The van der Waals surface area contributed by atoms with Crippen molar-refractivity contribution in [3.63, 3.8) is 0 Å². The molecule has 2 nitrogen and oxygen atoms in total. The number of halogens is 1. The second-order valence-electron chi connectivity index (χ2n) is 3.92. The Morgan fingerprint density at radius 1 is 1.33 bits per heavy atom. The van der Waals surface area contributed by atoms with E-state index in [2.05, 4.69) is 19.2 Å². The van der Waals surface area contributed by atoms with Gasteiger partial charge in [0.1, 0.15) is 0 Å². The van der Waals surface area contributed by atoms with Crippen LogP contribution in [0.15, 0.2) is 24.3 Å². The molecule has 1 rings (SSSR count). The Morgan fingerprint density at radius 3 is 2.53 bits per heavy atom. The van der Waals surface area contributed by atoms with Crippen molar-refractivity contribution in [2.24, 2.45) is 5.92 Å². The second kappa shape index (κ2) is 6.11. The zero-order chi connectivity index (χ0) is 11.3. The Balaban J connectivity index is 2.84. The fraction of sp³-hybridized carbons (Fsp3) is 0.500. The summed E-state index contributed by atoms with van der Waals surface area (Å²) >= 11 is 6.14. The molecule has 0 bridgehead atoms. The molecule has 1 atom stereocenters. The topological polar surface area (TPSA) is 32.3 Å². The molecule has 0 aliphatic carbocycles. The number of aliphatic hydroxyl groups excluding tert-OH is 1. The lowest BCUT2D eigenvalue weighted by atomic mass is 9.96. The highest BCUT2D eigenvalue weighted by Gasteiger charge is 2.16. The number of aliphatic hydroxyl groups is 1. The Morgan fingerprint density at radius 2 is 2.00 bits per heavy atom. The van der Waals surface area contributed by atoms with E-state index in [1.807, 2.05) is 24.3 Å². The normalized spacial score (nSPS) is 13.1. The molecule has 0 heterocycles. The van der Waals surface area contributed by atoms with Crippen molar-refractivity contribution in [1.82, 2.24) is 5.32 Å². The summed E-state index contributed by atoms with van der Waals surface area (Å²) in [6.07, 6.45) is 0. The van der Waals surface area contributed by atoms with Crippen LogP contribution in [-0.2, 0) is 0 Å². The van der Waals surface area contributed by atoms with Crippen LogP contribution >= 0.6 is 11.6 Å². The Labute approximate surface area is 96.3 Å². The first kappa shape index (κ1) is 12.5. The minimum atomic E-state index is 0.147. The van der Waals surface area contributed by atoms with Crippen molar-refractivity contribution in [3.8, 4) is 0 Å². The molecule has 0 spiro atoms. The lowest BCUT2D eigenvalue weighted by molar-refractivity contribution is 0.274. The average molecular weight is 228 g/mol. The van der Waals surface area contributed by atoms with Crippen molar-refractivity contribution in [1.29, 1.82) is 0 Å². The minimum Gasteiger partial charge on any atom is -0.395 e. The fourth-order valence-corrected chi connectivity index (χ4v) is 1.91. The first-order valence-corrected chi connectivity index (χ1v) is 5.63. The van der Waals surface area contributed by atoms with Gasteiger partial charge in [-0.2, -0.15) is 0 Å². The van der Waals surface area contributed by atoms with Crippen molar-refractivity contribution < 1.29 is 5.11 Å². The van der Waals surface area contributed by atoms with Gasteiger partial charge in [0.25, 0.3) is 0 Å².